The number of aliphatic hydroxyl groups is 1. The number of unbranched alkanes of at least 4 members (excludes halogenated alkanes) is 52. The van der Waals surface area contributed by atoms with Gasteiger partial charge in [0, 0.05) is 25.7 Å². The summed E-state index contributed by atoms with van der Waals surface area (Å²) in [4.78, 5) is 73.0. The number of aliphatic hydroxyl groups excluding tert-OH is 1. The number of esters is 4. The number of ether oxygens (including phenoxy) is 4. The van der Waals surface area contributed by atoms with Crippen LogP contribution in [-0.2, 0) is 65.4 Å². The van der Waals surface area contributed by atoms with Crippen molar-refractivity contribution in [2.24, 2.45) is 11.8 Å². The SMILES string of the molecule is CCCCCCCCCCCCCCCCCC(=O)O[C@H](COC(=O)CCCCCCCCC)COP(=O)(O)OC[C@H](O)COP(=O)(O)OC[C@@H](COC(=O)CCCCCCCCCCCCCCCCCCC(C)C)OC(=O)CCCCCCCCCCCCCCCCCCCCC(C)CC. The van der Waals surface area contributed by atoms with E-state index in [1.165, 1.54) is 250 Å². The quantitative estimate of drug-likeness (QED) is 0.0222. The molecule has 0 aromatic carbocycles. The highest BCUT2D eigenvalue weighted by Crippen LogP contribution is 2.45. The molecule has 103 heavy (non-hydrogen) atoms. The summed E-state index contributed by atoms with van der Waals surface area (Å²) in [6.45, 7) is 9.71. The Morgan fingerprint density at radius 3 is 0.738 bits per heavy atom. The van der Waals surface area contributed by atoms with Gasteiger partial charge in [0.2, 0.25) is 0 Å². The molecule has 0 saturated carbocycles. The van der Waals surface area contributed by atoms with Crippen LogP contribution in [0.2, 0.25) is 0 Å². The average molecular weight is 1510 g/mol. The van der Waals surface area contributed by atoms with Crippen molar-refractivity contribution >= 4 is 39.5 Å². The fourth-order valence-corrected chi connectivity index (χ4v) is 14.6. The molecule has 0 aromatic rings. The Balaban J connectivity index is 5.16. The molecule has 0 aliphatic rings. The molecule has 612 valence electrons. The molecule has 19 heteroatoms. The van der Waals surface area contributed by atoms with Crippen molar-refractivity contribution in [3.05, 3.63) is 0 Å². The number of rotatable bonds is 83. The molecule has 0 heterocycles. The third-order valence-corrected chi connectivity index (χ3v) is 22.0. The van der Waals surface area contributed by atoms with Crippen LogP contribution in [0.1, 0.15) is 446 Å². The Hall–Kier alpha value is -1.94. The zero-order valence-corrected chi connectivity index (χ0v) is 69.4. The molecule has 0 radical (unpaired) electrons. The summed E-state index contributed by atoms with van der Waals surface area (Å²) in [5, 5.41) is 10.6. The van der Waals surface area contributed by atoms with Gasteiger partial charge in [-0.2, -0.15) is 0 Å². The number of hydrogen-bond donors (Lipinski definition) is 3. The predicted molar refractivity (Wildman–Crippen MR) is 423 cm³/mol. The van der Waals surface area contributed by atoms with Crippen LogP contribution >= 0.6 is 15.6 Å². The van der Waals surface area contributed by atoms with Crippen molar-refractivity contribution in [1.29, 1.82) is 0 Å². The molecule has 0 aliphatic heterocycles. The summed E-state index contributed by atoms with van der Waals surface area (Å²) >= 11 is 0. The fraction of sp³-hybridized carbons (Fsp3) is 0.952. The van der Waals surface area contributed by atoms with Crippen LogP contribution in [0.15, 0.2) is 0 Å². The molecule has 0 aliphatic carbocycles. The summed E-state index contributed by atoms with van der Waals surface area (Å²) in [6, 6.07) is 0. The smallest absolute Gasteiger partial charge is 0.462 e. The van der Waals surface area contributed by atoms with Crippen LogP contribution in [0.4, 0.5) is 0 Å². The minimum absolute atomic E-state index is 0.108. The van der Waals surface area contributed by atoms with Gasteiger partial charge in [0.05, 0.1) is 26.4 Å². The van der Waals surface area contributed by atoms with E-state index in [0.717, 1.165) is 115 Å². The number of carbonyl (C=O) groups is 4. The molecule has 3 unspecified atom stereocenters. The number of carbonyl (C=O) groups excluding carboxylic acids is 4. The first-order valence-corrected chi connectivity index (χ1v) is 46.5. The van der Waals surface area contributed by atoms with E-state index in [9.17, 15) is 43.2 Å². The molecule has 0 saturated heterocycles. The van der Waals surface area contributed by atoms with Crippen LogP contribution < -0.4 is 0 Å². The monoisotopic (exact) mass is 1510 g/mol. The Bertz CT molecular complexity index is 1980. The van der Waals surface area contributed by atoms with Crippen LogP contribution in [0.25, 0.3) is 0 Å². The maximum Gasteiger partial charge on any atom is 0.472 e. The second-order valence-electron chi connectivity index (χ2n) is 30.9. The van der Waals surface area contributed by atoms with E-state index in [1.54, 1.807) is 0 Å². The molecular formula is C84H164O17P2. The summed E-state index contributed by atoms with van der Waals surface area (Å²) < 4.78 is 68.7. The van der Waals surface area contributed by atoms with E-state index in [4.69, 9.17) is 37.0 Å². The minimum Gasteiger partial charge on any atom is -0.462 e. The van der Waals surface area contributed by atoms with E-state index in [-0.39, 0.29) is 25.7 Å². The van der Waals surface area contributed by atoms with E-state index in [2.05, 4.69) is 41.5 Å². The van der Waals surface area contributed by atoms with Crippen LogP contribution in [0, 0.1) is 11.8 Å². The Morgan fingerprint density at radius 1 is 0.282 bits per heavy atom. The standard InChI is InChI=1S/C84H164O17P2/c1-7-10-12-14-16-17-18-19-26-34-39-44-50-56-62-68-83(88)100-79(72-94-81(86)66-60-54-46-15-13-11-8-2)74-98-102(90,91)96-70-78(85)71-97-103(92,93)99-75-80(73-95-82(87)67-61-55-49-43-38-33-29-25-24-27-31-36-41-47-52-58-64-76(4)5)101-84(89)69-63-57-51-45-40-35-30-23-21-20-22-28-32-37-42-48-53-59-65-77(6)9-3/h76-80,85H,7-75H2,1-6H3,(H,90,91)(H,92,93)/t77?,78-,79+,80+/m0/s1. The molecule has 0 rings (SSSR count). The lowest BCUT2D eigenvalue weighted by molar-refractivity contribution is -0.161. The van der Waals surface area contributed by atoms with Crippen molar-refractivity contribution in [3.8, 4) is 0 Å². The fourth-order valence-electron chi connectivity index (χ4n) is 13.0. The normalized spacial score (nSPS) is 14.1. The Morgan fingerprint density at radius 2 is 0.495 bits per heavy atom. The van der Waals surface area contributed by atoms with Crippen LogP contribution in [0.3, 0.4) is 0 Å². The highest BCUT2D eigenvalue weighted by atomic mass is 31.2. The highest BCUT2D eigenvalue weighted by molar-refractivity contribution is 7.47. The largest absolute Gasteiger partial charge is 0.472 e. The second-order valence-corrected chi connectivity index (χ2v) is 33.8. The molecular weight excluding hydrogens is 1340 g/mol. The Kier molecular flexibility index (Phi) is 74.1. The minimum atomic E-state index is -4.96. The lowest BCUT2D eigenvalue weighted by Crippen LogP contribution is -2.30. The summed E-state index contributed by atoms with van der Waals surface area (Å²) in [5.41, 5.74) is 0. The zero-order chi connectivity index (χ0) is 75.6. The molecule has 0 fully saturated rings. The van der Waals surface area contributed by atoms with Gasteiger partial charge < -0.3 is 33.8 Å². The van der Waals surface area contributed by atoms with E-state index in [0.29, 0.717) is 25.7 Å². The lowest BCUT2D eigenvalue weighted by atomic mass is 9.99. The van der Waals surface area contributed by atoms with Crippen LogP contribution in [0.5, 0.6) is 0 Å². The zero-order valence-electron chi connectivity index (χ0n) is 67.6. The maximum atomic E-state index is 13.1. The van der Waals surface area contributed by atoms with Gasteiger partial charge in [-0.3, -0.25) is 37.3 Å². The third-order valence-electron chi connectivity index (χ3n) is 20.1. The van der Waals surface area contributed by atoms with Crippen molar-refractivity contribution in [2.45, 2.75) is 464 Å². The molecule has 17 nitrogen and oxygen atoms in total. The number of phosphoric ester groups is 2. The Labute approximate surface area is 632 Å². The van der Waals surface area contributed by atoms with Crippen LogP contribution in [-0.4, -0.2) is 96.7 Å². The van der Waals surface area contributed by atoms with E-state index < -0.39 is 97.5 Å². The van der Waals surface area contributed by atoms with Crippen molar-refractivity contribution in [1.82, 2.24) is 0 Å². The summed E-state index contributed by atoms with van der Waals surface area (Å²) in [6.07, 6.45) is 66.8. The first-order valence-electron chi connectivity index (χ1n) is 43.5. The molecule has 3 N–H and O–H groups in total. The van der Waals surface area contributed by atoms with Gasteiger partial charge in [0.1, 0.15) is 19.3 Å². The van der Waals surface area contributed by atoms with Crippen molar-refractivity contribution in [2.75, 3.05) is 39.6 Å². The van der Waals surface area contributed by atoms with Gasteiger partial charge in [-0.25, -0.2) is 9.13 Å². The van der Waals surface area contributed by atoms with Gasteiger partial charge in [-0.1, -0.05) is 395 Å². The summed E-state index contributed by atoms with van der Waals surface area (Å²) in [5.74, 6) is -0.425. The topological polar surface area (TPSA) is 237 Å². The average Bonchev–Trinajstić information content (AvgIpc) is 0.910. The van der Waals surface area contributed by atoms with E-state index in [1.807, 2.05) is 0 Å². The number of phosphoric acid groups is 2. The van der Waals surface area contributed by atoms with Gasteiger partial charge in [-0.15, -0.1) is 0 Å². The number of hydrogen-bond acceptors (Lipinski definition) is 15. The molecule has 0 aromatic heterocycles. The van der Waals surface area contributed by atoms with E-state index >= 15 is 0 Å². The van der Waals surface area contributed by atoms with Crippen molar-refractivity contribution in [3.63, 3.8) is 0 Å². The van der Waals surface area contributed by atoms with Gasteiger partial charge in [-0.05, 0) is 37.5 Å². The third kappa shape index (κ3) is 76.6. The van der Waals surface area contributed by atoms with Gasteiger partial charge >= 0.3 is 39.5 Å². The molecule has 6 atom stereocenters. The van der Waals surface area contributed by atoms with Gasteiger partial charge in [0.25, 0.3) is 0 Å². The maximum absolute atomic E-state index is 13.1. The summed E-state index contributed by atoms with van der Waals surface area (Å²) in [7, 11) is -9.92. The molecule has 0 bridgehead atoms. The lowest BCUT2D eigenvalue weighted by Gasteiger charge is -2.21. The highest BCUT2D eigenvalue weighted by Gasteiger charge is 2.30. The molecule has 0 amide bonds. The second kappa shape index (κ2) is 75.5. The van der Waals surface area contributed by atoms with Gasteiger partial charge in [0.15, 0.2) is 12.2 Å². The first kappa shape index (κ1) is 101. The van der Waals surface area contributed by atoms with Crippen molar-refractivity contribution < 1.29 is 80.2 Å². The first-order chi connectivity index (χ1) is 49.9. The predicted octanol–water partition coefficient (Wildman–Crippen LogP) is 25.5. The molecule has 0 spiro atoms.